The minimum absolute atomic E-state index is 0.685. The highest BCUT2D eigenvalue weighted by Crippen LogP contribution is 2.32. The number of ether oxygens (including phenoxy) is 1. The lowest BCUT2D eigenvalue weighted by Gasteiger charge is -2.07. The number of aliphatic imine (C=N–C) groups is 1. The smallest absolute Gasteiger partial charge is 0.183 e. The zero-order chi connectivity index (χ0) is 22.5. The molecule has 1 atom stereocenters. The molecule has 4 aromatic rings. The molecule has 0 spiro atoms. The zero-order valence-corrected chi connectivity index (χ0v) is 20.3. The van der Waals surface area contributed by atoms with Crippen LogP contribution in [0.1, 0.15) is 17.5 Å². The summed E-state index contributed by atoms with van der Waals surface area (Å²) in [5.74, 6) is 2.71. The van der Waals surface area contributed by atoms with Gasteiger partial charge in [-0.2, -0.15) is 0 Å². The van der Waals surface area contributed by atoms with Crippen LogP contribution >= 0.6 is 23.1 Å². The van der Waals surface area contributed by atoms with E-state index in [9.17, 15) is 0 Å². The number of fused-ring (bicyclic) bond motifs is 1. The van der Waals surface area contributed by atoms with Crippen LogP contribution in [0.15, 0.2) is 77.8 Å². The molecule has 6 heteroatoms. The van der Waals surface area contributed by atoms with Crippen molar-refractivity contribution < 1.29 is 4.74 Å². The molecule has 0 radical (unpaired) electrons. The maximum atomic E-state index is 5.30. The van der Waals surface area contributed by atoms with Gasteiger partial charge in [0.25, 0.3) is 0 Å². The zero-order valence-electron chi connectivity index (χ0n) is 18.7. The molecule has 1 aromatic heterocycles. The molecule has 168 valence electrons. The third-order valence-electron chi connectivity index (χ3n) is 5.79. The van der Waals surface area contributed by atoms with E-state index in [1.807, 2.05) is 30.0 Å². The predicted octanol–water partition coefficient (Wildman–Crippen LogP) is 6.99. The lowest BCUT2D eigenvalue weighted by Crippen LogP contribution is -2.04. The number of hydrogen-bond donors (Lipinski definition) is 1. The minimum atomic E-state index is 0.685. The summed E-state index contributed by atoms with van der Waals surface area (Å²) in [6.45, 7) is 0.849. The van der Waals surface area contributed by atoms with Gasteiger partial charge in [-0.1, -0.05) is 53.8 Å². The van der Waals surface area contributed by atoms with Crippen molar-refractivity contribution in [3.05, 3.63) is 83.9 Å². The third kappa shape index (κ3) is 5.75. The maximum absolute atomic E-state index is 5.30. The Balaban J connectivity index is 1.12. The number of rotatable bonds is 8. The molecule has 33 heavy (non-hydrogen) atoms. The molecule has 1 aliphatic heterocycles. The molecule has 5 rings (SSSR count). The van der Waals surface area contributed by atoms with Crippen LogP contribution in [0.5, 0.6) is 5.75 Å². The molecule has 0 amide bonds. The van der Waals surface area contributed by atoms with Crippen molar-refractivity contribution in [1.82, 2.24) is 4.98 Å². The number of nitrogens with zero attached hydrogens (tertiary/aromatic N) is 2. The van der Waals surface area contributed by atoms with Crippen LogP contribution in [0, 0.1) is 5.92 Å². The molecule has 2 heterocycles. The fourth-order valence-corrected chi connectivity index (χ4v) is 6.14. The van der Waals surface area contributed by atoms with E-state index in [1.54, 1.807) is 18.4 Å². The molecule has 4 nitrogen and oxygen atoms in total. The van der Waals surface area contributed by atoms with Gasteiger partial charge in [0.1, 0.15) is 5.75 Å². The number of methoxy groups -OCH3 is 1. The average molecular weight is 474 g/mol. The largest absolute Gasteiger partial charge is 0.497 e. The average Bonchev–Trinajstić information content (AvgIpc) is 3.46. The van der Waals surface area contributed by atoms with Crippen molar-refractivity contribution in [3.8, 4) is 5.75 Å². The Hall–Kier alpha value is -2.83. The summed E-state index contributed by atoms with van der Waals surface area (Å²) in [7, 11) is 1.69. The predicted molar refractivity (Wildman–Crippen MR) is 143 cm³/mol. The fourth-order valence-electron chi connectivity index (χ4n) is 4.04. The number of anilines is 1. The molecule has 0 unspecified atom stereocenters. The van der Waals surface area contributed by atoms with E-state index >= 15 is 0 Å². The summed E-state index contributed by atoms with van der Waals surface area (Å²) in [6.07, 6.45) is 3.17. The van der Waals surface area contributed by atoms with Crippen LogP contribution in [-0.4, -0.2) is 29.4 Å². The lowest BCUT2D eigenvalue weighted by atomic mass is 9.99. The number of thiazole rings is 1. The lowest BCUT2D eigenvalue weighted by molar-refractivity contribution is 0.415. The van der Waals surface area contributed by atoms with E-state index in [2.05, 4.69) is 64.9 Å². The molecule has 1 N–H and O–H groups in total. The second-order valence-electron chi connectivity index (χ2n) is 8.27. The second-order valence-corrected chi connectivity index (χ2v) is 10.4. The molecule has 1 aliphatic rings. The monoisotopic (exact) mass is 473 g/mol. The van der Waals surface area contributed by atoms with Crippen molar-refractivity contribution >= 4 is 49.2 Å². The highest BCUT2D eigenvalue weighted by Gasteiger charge is 2.21. The quantitative estimate of drug-likeness (QED) is 0.300. The summed E-state index contributed by atoms with van der Waals surface area (Å²) in [5.41, 5.74) is 4.78. The molecule has 3 aromatic carbocycles. The van der Waals surface area contributed by atoms with Gasteiger partial charge in [0.05, 0.1) is 28.1 Å². The van der Waals surface area contributed by atoms with E-state index < -0.39 is 0 Å². The fraction of sp³-hybridized carbons (Fsp3) is 0.259. The van der Waals surface area contributed by atoms with Gasteiger partial charge in [0.2, 0.25) is 0 Å². The highest BCUT2D eigenvalue weighted by atomic mass is 32.2. The first-order valence-electron chi connectivity index (χ1n) is 11.3. The summed E-state index contributed by atoms with van der Waals surface area (Å²) in [5, 5.41) is 5.66. The van der Waals surface area contributed by atoms with E-state index in [0.717, 1.165) is 58.3 Å². The maximum Gasteiger partial charge on any atom is 0.183 e. The Morgan fingerprint density at radius 2 is 1.88 bits per heavy atom. The van der Waals surface area contributed by atoms with Crippen molar-refractivity contribution in [3.63, 3.8) is 0 Å². The first kappa shape index (κ1) is 22.0. The molecule has 1 fully saturated rings. The number of aromatic nitrogens is 1. The van der Waals surface area contributed by atoms with Gasteiger partial charge in [-0.05, 0) is 66.6 Å². The summed E-state index contributed by atoms with van der Waals surface area (Å²) in [6, 6.07) is 25.4. The second kappa shape index (κ2) is 10.4. The summed E-state index contributed by atoms with van der Waals surface area (Å²) < 4.78 is 6.43. The molecule has 0 saturated carbocycles. The topological polar surface area (TPSA) is 46.5 Å². The van der Waals surface area contributed by atoms with Crippen molar-refractivity contribution in [2.75, 3.05) is 24.7 Å². The molecule has 1 saturated heterocycles. The number of nitrogens with one attached hydrogen (secondary N) is 1. The van der Waals surface area contributed by atoms with Crippen molar-refractivity contribution in [2.45, 2.75) is 19.3 Å². The normalized spacial score (nSPS) is 17.0. The Bertz CT molecular complexity index is 1240. The van der Waals surface area contributed by atoms with E-state index in [0.29, 0.717) is 5.92 Å². The molecule has 0 bridgehead atoms. The van der Waals surface area contributed by atoms with Gasteiger partial charge in [0, 0.05) is 12.3 Å². The molecule has 0 aliphatic carbocycles. The van der Waals surface area contributed by atoms with Crippen LogP contribution < -0.4 is 10.1 Å². The Labute approximate surface area is 203 Å². The first-order chi connectivity index (χ1) is 16.2. The standard InChI is InChI=1S/C27H27N3OS2/c1-31-23-11-12-24-25(17-23)33-27(30-24)28-14-13-19-7-9-22(10-8-19)29-26-16-21(18-32-26)15-20-5-3-2-4-6-20/h2-12,17,21H,13-16,18H2,1H3,(H,28,30)/t21-/m1/s1. The molecular formula is C27H27N3OS2. The van der Waals surface area contributed by atoms with Gasteiger partial charge in [-0.25, -0.2) is 9.98 Å². The van der Waals surface area contributed by atoms with Gasteiger partial charge < -0.3 is 10.1 Å². The highest BCUT2D eigenvalue weighted by molar-refractivity contribution is 8.14. The van der Waals surface area contributed by atoms with Crippen molar-refractivity contribution in [2.24, 2.45) is 10.9 Å². The van der Waals surface area contributed by atoms with Crippen LogP contribution in [-0.2, 0) is 12.8 Å². The van der Waals surface area contributed by atoms with Crippen LogP contribution in [0.3, 0.4) is 0 Å². The van der Waals surface area contributed by atoms with Gasteiger partial charge in [-0.3, -0.25) is 0 Å². The minimum Gasteiger partial charge on any atom is -0.497 e. The first-order valence-corrected chi connectivity index (χ1v) is 13.1. The van der Waals surface area contributed by atoms with E-state index in [4.69, 9.17) is 9.73 Å². The van der Waals surface area contributed by atoms with Crippen molar-refractivity contribution in [1.29, 1.82) is 0 Å². The Morgan fingerprint density at radius 1 is 1.03 bits per heavy atom. The Morgan fingerprint density at radius 3 is 2.70 bits per heavy atom. The van der Waals surface area contributed by atoms with Crippen LogP contribution in [0.4, 0.5) is 10.8 Å². The van der Waals surface area contributed by atoms with Gasteiger partial charge in [-0.15, -0.1) is 11.8 Å². The Kier molecular flexibility index (Phi) is 6.93. The number of hydrogen-bond acceptors (Lipinski definition) is 6. The van der Waals surface area contributed by atoms with E-state index in [-0.39, 0.29) is 0 Å². The summed E-state index contributed by atoms with van der Waals surface area (Å²) >= 11 is 3.57. The van der Waals surface area contributed by atoms with Crippen LogP contribution in [0.2, 0.25) is 0 Å². The third-order valence-corrected chi connectivity index (χ3v) is 8.00. The number of thioether (sulfide) groups is 1. The van der Waals surface area contributed by atoms with Crippen LogP contribution in [0.25, 0.3) is 10.2 Å². The van der Waals surface area contributed by atoms with E-state index in [1.165, 1.54) is 16.2 Å². The summed E-state index contributed by atoms with van der Waals surface area (Å²) in [4.78, 5) is 9.56. The molecular weight excluding hydrogens is 446 g/mol. The number of benzene rings is 3. The van der Waals surface area contributed by atoms with Gasteiger partial charge in [0.15, 0.2) is 5.13 Å². The van der Waals surface area contributed by atoms with Gasteiger partial charge >= 0.3 is 0 Å². The SMILES string of the molecule is COc1ccc2nc(NCCc3ccc(N=C4C[C@@H](Cc5ccccc5)CS4)cc3)sc2c1.